The van der Waals surface area contributed by atoms with Gasteiger partial charge in [0.05, 0.1) is 49.3 Å². The molecule has 198 valence electrons. The molecule has 0 saturated carbocycles. The highest BCUT2D eigenvalue weighted by molar-refractivity contribution is 6.04. The smallest absolute Gasteiger partial charge is 0.387 e. The Kier molecular flexibility index (Phi) is 7.22. The maximum Gasteiger partial charge on any atom is 0.387 e. The predicted molar refractivity (Wildman–Crippen MR) is 133 cm³/mol. The molecule has 5 rings (SSSR count). The Hall–Kier alpha value is -3.35. The van der Waals surface area contributed by atoms with Gasteiger partial charge in [-0.1, -0.05) is 0 Å². The number of primary amides is 1. The molecule has 3 aliphatic rings. The number of amides is 1. The number of aromatic nitrogens is 1. The van der Waals surface area contributed by atoms with Crippen molar-refractivity contribution < 1.29 is 27.8 Å². The van der Waals surface area contributed by atoms with Crippen molar-refractivity contribution >= 4 is 17.6 Å². The third kappa shape index (κ3) is 5.22. The molecule has 10 nitrogen and oxygen atoms in total. The second-order valence-corrected chi connectivity index (χ2v) is 9.30. The summed E-state index contributed by atoms with van der Waals surface area (Å²) in [5, 5.41) is 3.46. The molecule has 3 atom stereocenters. The number of morpholine rings is 2. The van der Waals surface area contributed by atoms with Crippen LogP contribution in [0.5, 0.6) is 5.75 Å². The molecule has 3 aliphatic heterocycles. The summed E-state index contributed by atoms with van der Waals surface area (Å²) in [7, 11) is 0. The third-order valence-corrected chi connectivity index (χ3v) is 6.78. The van der Waals surface area contributed by atoms with Gasteiger partial charge in [0.25, 0.3) is 5.91 Å². The number of carbonyl (C=O) groups is 1. The van der Waals surface area contributed by atoms with E-state index in [0.29, 0.717) is 50.0 Å². The highest BCUT2D eigenvalue weighted by Gasteiger charge is 2.34. The summed E-state index contributed by atoms with van der Waals surface area (Å²) in [4.78, 5) is 26.4. The van der Waals surface area contributed by atoms with Crippen LogP contribution in [0.1, 0.15) is 29.8 Å². The van der Waals surface area contributed by atoms with Gasteiger partial charge in [0.1, 0.15) is 17.4 Å². The molecule has 1 aromatic carbocycles. The van der Waals surface area contributed by atoms with Crippen LogP contribution in [-0.4, -0.2) is 91.0 Å². The normalized spacial score (nSPS) is 24.3. The van der Waals surface area contributed by atoms with Gasteiger partial charge in [-0.15, -0.1) is 0 Å². The predicted octanol–water partition coefficient (Wildman–Crippen LogP) is 2.35. The molecule has 2 aromatic rings. The van der Waals surface area contributed by atoms with Crippen molar-refractivity contribution in [2.75, 3.05) is 44.8 Å². The van der Waals surface area contributed by atoms with Crippen molar-refractivity contribution in [3.8, 4) is 17.0 Å². The van der Waals surface area contributed by atoms with Gasteiger partial charge in [-0.05, 0) is 44.2 Å². The van der Waals surface area contributed by atoms with E-state index in [1.165, 1.54) is 12.1 Å². The number of pyridine rings is 1. The Labute approximate surface area is 213 Å². The van der Waals surface area contributed by atoms with E-state index in [1.807, 2.05) is 12.1 Å². The first kappa shape index (κ1) is 25.3. The molecule has 0 radical (unpaired) electrons. The number of fused-ring (bicyclic) bond motifs is 1. The number of amidine groups is 1. The molecule has 37 heavy (non-hydrogen) atoms. The first-order chi connectivity index (χ1) is 17.8. The summed E-state index contributed by atoms with van der Waals surface area (Å²) in [5.41, 5.74) is 7.22. The average Bonchev–Trinajstić information content (AvgIpc) is 2.88. The Bertz CT molecular complexity index is 1200. The quantitative estimate of drug-likeness (QED) is 0.623. The number of nitrogens with one attached hydrogen (secondary N) is 1. The van der Waals surface area contributed by atoms with Crippen molar-refractivity contribution in [1.29, 1.82) is 0 Å². The SMILES string of the molecule is C[C@H]1COCCN1C1=NC(N2CCOC[C@@H]2C)Nc2nc(-c3ccc(OC(F)F)c(C(N)=O)c3)ccc21. The number of ether oxygens (including phenoxy) is 3. The zero-order valence-corrected chi connectivity index (χ0v) is 20.7. The fraction of sp³-hybridized carbons (Fsp3) is 0.480. The van der Waals surface area contributed by atoms with Crippen LogP contribution in [-0.2, 0) is 9.47 Å². The molecule has 0 aliphatic carbocycles. The Morgan fingerprint density at radius 2 is 1.89 bits per heavy atom. The number of hydrogen-bond acceptors (Lipinski definition) is 9. The fourth-order valence-corrected chi connectivity index (χ4v) is 4.86. The van der Waals surface area contributed by atoms with E-state index in [2.05, 4.69) is 33.7 Å². The topological polar surface area (TPSA) is 115 Å². The minimum absolute atomic E-state index is 0.140. The molecule has 0 spiro atoms. The summed E-state index contributed by atoms with van der Waals surface area (Å²) in [6.07, 6.45) is -0.345. The Morgan fingerprint density at radius 3 is 2.59 bits per heavy atom. The van der Waals surface area contributed by atoms with Crippen molar-refractivity contribution in [2.45, 2.75) is 38.8 Å². The first-order valence-corrected chi connectivity index (χ1v) is 12.2. The van der Waals surface area contributed by atoms with Gasteiger partial charge in [-0.3, -0.25) is 9.69 Å². The Morgan fingerprint density at radius 1 is 1.14 bits per heavy atom. The maximum absolute atomic E-state index is 12.8. The van der Waals surface area contributed by atoms with Gasteiger partial charge in [0, 0.05) is 24.7 Å². The van der Waals surface area contributed by atoms with Crippen LogP contribution in [0, 0.1) is 0 Å². The van der Waals surface area contributed by atoms with Gasteiger partial charge >= 0.3 is 6.61 Å². The van der Waals surface area contributed by atoms with Gasteiger partial charge < -0.3 is 30.2 Å². The highest BCUT2D eigenvalue weighted by Crippen LogP contribution is 2.32. The second-order valence-electron chi connectivity index (χ2n) is 9.30. The number of benzene rings is 1. The lowest BCUT2D eigenvalue weighted by molar-refractivity contribution is -0.0501. The summed E-state index contributed by atoms with van der Waals surface area (Å²) >= 11 is 0. The minimum Gasteiger partial charge on any atom is -0.434 e. The number of halogens is 2. The van der Waals surface area contributed by atoms with E-state index >= 15 is 0 Å². The summed E-state index contributed by atoms with van der Waals surface area (Å²) in [5.74, 6) is 0.328. The lowest BCUT2D eigenvalue weighted by Crippen LogP contribution is -2.55. The molecule has 1 aromatic heterocycles. The zero-order valence-electron chi connectivity index (χ0n) is 20.7. The second kappa shape index (κ2) is 10.6. The van der Waals surface area contributed by atoms with Gasteiger partial charge in [-0.25, -0.2) is 9.98 Å². The number of nitrogens with two attached hydrogens (primary N) is 1. The zero-order chi connectivity index (χ0) is 26.1. The molecule has 1 amide bonds. The summed E-state index contributed by atoms with van der Waals surface area (Å²) in [6, 6.07) is 8.33. The number of carbonyl (C=O) groups excluding carboxylic acids is 1. The molecule has 3 N–H and O–H groups in total. The number of anilines is 1. The molecule has 2 saturated heterocycles. The van der Waals surface area contributed by atoms with Crippen LogP contribution < -0.4 is 15.8 Å². The van der Waals surface area contributed by atoms with Crippen LogP contribution >= 0.6 is 0 Å². The van der Waals surface area contributed by atoms with E-state index < -0.39 is 12.5 Å². The molecule has 4 heterocycles. The van der Waals surface area contributed by atoms with E-state index in [4.69, 9.17) is 25.2 Å². The number of rotatable bonds is 5. The van der Waals surface area contributed by atoms with E-state index in [9.17, 15) is 13.6 Å². The van der Waals surface area contributed by atoms with Gasteiger partial charge in [-0.2, -0.15) is 8.78 Å². The van der Waals surface area contributed by atoms with Crippen LogP contribution in [0.3, 0.4) is 0 Å². The average molecular weight is 517 g/mol. The molecular formula is C25H30F2N6O4. The molecule has 1 unspecified atom stereocenters. The molecule has 12 heteroatoms. The number of hydrogen-bond donors (Lipinski definition) is 2. The van der Waals surface area contributed by atoms with Gasteiger partial charge in [0.2, 0.25) is 0 Å². The summed E-state index contributed by atoms with van der Waals surface area (Å²) in [6.45, 7) is 5.00. The maximum atomic E-state index is 12.8. The molecule has 0 bridgehead atoms. The monoisotopic (exact) mass is 516 g/mol. The summed E-state index contributed by atoms with van der Waals surface area (Å²) < 4.78 is 41.3. The van der Waals surface area contributed by atoms with Crippen molar-refractivity contribution in [3.63, 3.8) is 0 Å². The Balaban J connectivity index is 1.54. The molecular weight excluding hydrogens is 486 g/mol. The lowest BCUT2D eigenvalue weighted by atomic mass is 10.0. The van der Waals surface area contributed by atoms with E-state index in [-0.39, 0.29) is 29.7 Å². The fourth-order valence-electron chi connectivity index (χ4n) is 4.86. The lowest BCUT2D eigenvalue weighted by Gasteiger charge is -2.43. The number of nitrogens with zero attached hydrogens (tertiary/aromatic N) is 4. The van der Waals surface area contributed by atoms with Crippen LogP contribution in [0.2, 0.25) is 0 Å². The van der Waals surface area contributed by atoms with Crippen molar-refractivity contribution in [3.05, 3.63) is 41.5 Å². The highest BCUT2D eigenvalue weighted by atomic mass is 19.3. The third-order valence-electron chi connectivity index (χ3n) is 6.78. The van der Waals surface area contributed by atoms with Crippen LogP contribution in [0.4, 0.5) is 14.6 Å². The van der Waals surface area contributed by atoms with Crippen molar-refractivity contribution in [1.82, 2.24) is 14.8 Å². The van der Waals surface area contributed by atoms with Crippen molar-refractivity contribution in [2.24, 2.45) is 10.7 Å². The van der Waals surface area contributed by atoms with E-state index in [1.54, 1.807) is 6.07 Å². The van der Waals surface area contributed by atoms with Crippen LogP contribution in [0.25, 0.3) is 11.3 Å². The van der Waals surface area contributed by atoms with E-state index in [0.717, 1.165) is 17.9 Å². The first-order valence-electron chi connectivity index (χ1n) is 12.2. The number of alkyl halides is 2. The standard InChI is InChI=1S/C25H30F2N6O4/c1-14-12-35-9-7-32(14)23-17-4-5-19(16-3-6-20(37-24(26)27)18(11-16)21(28)34)29-22(17)30-25(31-23)33-8-10-36-13-15(33)2/h3-6,11,14-15,24-25H,7-10,12-13H2,1-2H3,(H2,28,34)(H,29,30)/t14-,15-,25?/m0/s1. The number of aliphatic imine (C=N–C) groups is 1. The van der Waals surface area contributed by atoms with Crippen LogP contribution in [0.15, 0.2) is 35.3 Å². The molecule has 2 fully saturated rings. The van der Waals surface area contributed by atoms with Gasteiger partial charge in [0.15, 0.2) is 6.29 Å². The minimum atomic E-state index is -3.07. The largest absolute Gasteiger partial charge is 0.434 e.